The van der Waals surface area contributed by atoms with Gasteiger partial charge in [0.05, 0.1) is 6.61 Å². The molecule has 0 amide bonds. The van der Waals surface area contributed by atoms with Crippen LogP contribution >= 0.6 is 15.9 Å². The van der Waals surface area contributed by atoms with E-state index in [-0.39, 0.29) is 0 Å². The Hall–Kier alpha value is -1.07. The summed E-state index contributed by atoms with van der Waals surface area (Å²) >= 11 is 3.36. The summed E-state index contributed by atoms with van der Waals surface area (Å²) in [6.07, 6.45) is 2.38. The van der Waals surface area contributed by atoms with E-state index in [1.807, 2.05) is 24.3 Å². The second kappa shape index (κ2) is 8.11. The smallest absolute Gasteiger partial charge is 0.320 e. The number of rotatable bonds is 8. The highest BCUT2D eigenvalue weighted by molar-refractivity contribution is 9.09. The molecule has 0 aliphatic heterocycles. The maximum Gasteiger partial charge on any atom is 0.320 e. The molecule has 1 aromatic rings. The summed E-state index contributed by atoms with van der Waals surface area (Å²) in [5.74, 6) is -0.224. The first-order valence-electron chi connectivity index (χ1n) is 5.89. The van der Waals surface area contributed by atoms with Gasteiger partial charge in [-0.05, 0) is 37.0 Å². The molecule has 0 fully saturated rings. The van der Waals surface area contributed by atoms with E-state index >= 15 is 0 Å². The molecular weight excluding hydrogens is 298 g/mol. The summed E-state index contributed by atoms with van der Waals surface area (Å²) in [7, 11) is 0. The fraction of sp³-hybridized carbons (Fsp3) is 0.462. The third-order valence-corrected chi connectivity index (χ3v) is 3.03. The number of hydrogen-bond acceptors (Lipinski definition) is 3. The average molecular weight is 316 g/mol. The van der Waals surface area contributed by atoms with Crippen molar-refractivity contribution in [2.24, 2.45) is 5.73 Å². The van der Waals surface area contributed by atoms with Crippen LogP contribution in [0.15, 0.2) is 24.3 Å². The SMILES string of the molecule is N[C@@H](Cc1cccc(OCCCCBr)c1)C(=O)O. The minimum atomic E-state index is -0.987. The number of carboxylic acid groups (broad SMARTS) is 1. The van der Waals surface area contributed by atoms with Crippen molar-refractivity contribution in [1.29, 1.82) is 0 Å². The van der Waals surface area contributed by atoms with E-state index in [0.29, 0.717) is 13.0 Å². The van der Waals surface area contributed by atoms with Crippen LogP contribution in [-0.4, -0.2) is 29.1 Å². The molecule has 1 rings (SSSR count). The molecule has 0 aliphatic rings. The molecule has 0 saturated carbocycles. The van der Waals surface area contributed by atoms with Gasteiger partial charge in [-0.15, -0.1) is 0 Å². The molecule has 3 N–H and O–H groups in total. The number of hydrogen-bond donors (Lipinski definition) is 2. The Bertz CT molecular complexity index is 384. The molecule has 4 nitrogen and oxygen atoms in total. The van der Waals surface area contributed by atoms with Crippen LogP contribution in [-0.2, 0) is 11.2 Å². The summed E-state index contributed by atoms with van der Waals surface area (Å²) in [4.78, 5) is 10.7. The van der Waals surface area contributed by atoms with Crippen molar-refractivity contribution in [2.75, 3.05) is 11.9 Å². The topological polar surface area (TPSA) is 72.5 Å². The molecule has 0 aliphatic carbocycles. The third kappa shape index (κ3) is 5.51. The van der Waals surface area contributed by atoms with Crippen molar-refractivity contribution in [3.05, 3.63) is 29.8 Å². The van der Waals surface area contributed by atoms with Gasteiger partial charge in [-0.3, -0.25) is 4.79 Å². The van der Waals surface area contributed by atoms with E-state index < -0.39 is 12.0 Å². The van der Waals surface area contributed by atoms with Crippen molar-refractivity contribution in [3.8, 4) is 5.75 Å². The fourth-order valence-corrected chi connectivity index (χ4v) is 1.89. The number of carboxylic acids is 1. The monoisotopic (exact) mass is 315 g/mol. The summed E-state index contributed by atoms with van der Waals surface area (Å²) in [6, 6.07) is 6.55. The lowest BCUT2D eigenvalue weighted by Gasteiger charge is -2.09. The van der Waals surface area contributed by atoms with Crippen LogP contribution in [0, 0.1) is 0 Å². The molecule has 1 aromatic carbocycles. The van der Waals surface area contributed by atoms with Gasteiger partial charge >= 0.3 is 5.97 Å². The average Bonchev–Trinajstić information content (AvgIpc) is 2.35. The largest absolute Gasteiger partial charge is 0.494 e. The highest BCUT2D eigenvalue weighted by Crippen LogP contribution is 2.15. The van der Waals surface area contributed by atoms with Crippen LogP contribution in [0.3, 0.4) is 0 Å². The van der Waals surface area contributed by atoms with Gasteiger partial charge in [0.2, 0.25) is 0 Å². The first-order chi connectivity index (χ1) is 8.63. The van der Waals surface area contributed by atoms with E-state index in [1.165, 1.54) is 0 Å². The molecule has 0 heterocycles. The summed E-state index contributed by atoms with van der Waals surface area (Å²) in [5, 5.41) is 9.73. The minimum Gasteiger partial charge on any atom is -0.494 e. The maximum atomic E-state index is 10.7. The van der Waals surface area contributed by atoms with E-state index in [2.05, 4.69) is 15.9 Å². The number of halogens is 1. The van der Waals surface area contributed by atoms with Crippen molar-refractivity contribution >= 4 is 21.9 Å². The second-order valence-electron chi connectivity index (χ2n) is 4.04. The van der Waals surface area contributed by atoms with Crippen LogP contribution in [0.2, 0.25) is 0 Å². The Labute approximate surface area is 115 Å². The maximum absolute atomic E-state index is 10.7. The molecule has 0 saturated heterocycles. The van der Waals surface area contributed by atoms with E-state index in [1.54, 1.807) is 0 Å². The van der Waals surface area contributed by atoms with Crippen LogP contribution in [0.1, 0.15) is 18.4 Å². The highest BCUT2D eigenvalue weighted by atomic mass is 79.9. The quantitative estimate of drug-likeness (QED) is 0.570. The molecule has 0 aromatic heterocycles. The van der Waals surface area contributed by atoms with Gasteiger partial charge in [-0.25, -0.2) is 0 Å². The van der Waals surface area contributed by atoms with Crippen LogP contribution in [0.25, 0.3) is 0 Å². The lowest BCUT2D eigenvalue weighted by molar-refractivity contribution is -0.138. The Morgan fingerprint density at radius 3 is 2.89 bits per heavy atom. The number of unbranched alkanes of at least 4 members (excludes halogenated alkanes) is 1. The van der Waals surface area contributed by atoms with Crippen LogP contribution in [0.4, 0.5) is 0 Å². The number of benzene rings is 1. The van der Waals surface area contributed by atoms with Gasteiger partial charge in [0.25, 0.3) is 0 Å². The first-order valence-corrected chi connectivity index (χ1v) is 7.01. The van der Waals surface area contributed by atoms with E-state index in [0.717, 1.165) is 29.5 Å². The molecule has 0 bridgehead atoms. The number of nitrogens with two attached hydrogens (primary N) is 1. The molecule has 0 radical (unpaired) electrons. The van der Waals surface area contributed by atoms with Crippen LogP contribution < -0.4 is 10.5 Å². The lowest BCUT2D eigenvalue weighted by atomic mass is 10.1. The Morgan fingerprint density at radius 1 is 1.44 bits per heavy atom. The normalized spacial score (nSPS) is 12.1. The molecule has 18 heavy (non-hydrogen) atoms. The number of ether oxygens (including phenoxy) is 1. The first kappa shape index (κ1) is 15.0. The number of carbonyl (C=O) groups is 1. The van der Waals surface area contributed by atoms with Gasteiger partial charge in [-0.1, -0.05) is 28.1 Å². The predicted molar refractivity (Wildman–Crippen MR) is 74.3 cm³/mol. The second-order valence-corrected chi connectivity index (χ2v) is 4.83. The summed E-state index contributed by atoms with van der Waals surface area (Å²) in [5.41, 5.74) is 6.37. The van der Waals surface area contributed by atoms with Gasteiger partial charge < -0.3 is 15.6 Å². The zero-order chi connectivity index (χ0) is 13.4. The van der Waals surface area contributed by atoms with E-state index in [9.17, 15) is 4.79 Å². The molecule has 100 valence electrons. The zero-order valence-corrected chi connectivity index (χ0v) is 11.7. The summed E-state index contributed by atoms with van der Waals surface area (Å²) in [6.45, 7) is 0.667. The Balaban J connectivity index is 2.48. The van der Waals surface area contributed by atoms with Gasteiger partial charge in [0.1, 0.15) is 11.8 Å². The van der Waals surface area contributed by atoms with Crippen molar-refractivity contribution in [2.45, 2.75) is 25.3 Å². The van der Waals surface area contributed by atoms with Gasteiger partial charge in [0, 0.05) is 5.33 Å². The highest BCUT2D eigenvalue weighted by Gasteiger charge is 2.12. The van der Waals surface area contributed by atoms with Crippen molar-refractivity contribution in [3.63, 3.8) is 0 Å². The lowest BCUT2D eigenvalue weighted by Crippen LogP contribution is -2.32. The van der Waals surface area contributed by atoms with Gasteiger partial charge in [0.15, 0.2) is 0 Å². The molecular formula is C13H18BrNO3. The zero-order valence-electron chi connectivity index (χ0n) is 10.1. The van der Waals surface area contributed by atoms with E-state index in [4.69, 9.17) is 15.6 Å². The number of alkyl halides is 1. The fourth-order valence-electron chi connectivity index (χ4n) is 1.49. The Morgan fingerprint density at radius 2 is 2.22 bits per heavy atom. The minimum absolute atomic E-state index is 0.313. The third-order valence-electron chi connectivity index (χ3n) is 2.47. The number of aliphatic carboxylic acids is 1. The van der Waals surface area contributed by atoms with Crippen molar-refractivity contribution < 1.29 is 14.6 Å². The predicted octanol–water partition coefficient (Wildman–Crippen LogP) is 2.19. The summed E-state index contributed by atoms with van der Waals surface area (Å²) < 4.78 is 5.58. The van der Waals surface area contributed by atoms with Crippen LogP contribution in [0.5, 0.6) is 5.75 Å². The molecule has 1 atom stereocenters. The van der Waals surface area contributed by atoms with Gasteiger partial charge in [-0.2, -0.15) is 0 Å². The molecule has 0 spiro atoms. The molecule has 5 heteroatoms. The Kier molecular flexibility index (Phi) is 6.75. The van der Waals surface area contributed by atoms with Crippen molar-refractivity contribution in [1.82, 2.24) is 0 Å². The standard InChI is InChI=1S/C13H18BrNO3/c14-6-1-2-7-18-11-5-3-4-10(8-11)9-12(15)13(16)17/h3-5,8,12H,1-2,6-7,9,15H2,(H,16,17)/t12-/m0/s1. The molecule has 0 unspecified atom stereocenters.